The van der Waals surface area contributed by atoms with Gasteiger partial charge in [-0.15, -0.1) is 0 Å². The molecule has 0 atom stereocenters. The van der Waals surface area contributed by atoms with Gasteiger partial charge in [0.05, 0.1) is 11.9 Å². The van der Waals surface area contributed by atoms with Crippen molar-refractivity contribution in [3.05, 3.63) is 88.4 Å². The number of hydrogen-bond acceptors (Lipinski definition) is 4. The number of nitrogens with one attached hydrogen (secondary N) is 2. The molecule has 0 spiro atoms. The van der Waals surface area contributed by atoms with Crippen LogP contribution in [0.4, 0.5) is 17.1 Å². The fraction of sp³-hybridized carbons (Fsp3) is 0.259. The first kappa shape index (κ1) is 27.2. The van der Waals surface area contributed by atoms with Crippen LogP contribution in [-0.4, -0.2) is 33.0 Å². The third-order valence-corrected chi connectivity index (χ3v) is 6.91. The molecule has 0 fully saturated rings. The zero-order valence-corrected chi connectivity index (χ0v) is 22.5. The maximum absolute atomic E-state index is 12.8. The topological polar surface area (TPSA) is 95.6 Å². The van der Waals surface area contributed by atoms with Crippen molar-refractivity contribution in [2.45, 2.75) is 33.1 Å². The quantitative estimate of drug-likeness (QED) is 0.418. The summed E-state index contributed by atoms with van der Waals surface area (Å²) in [6, 6.07) is 18.9. The molecule has 0 saturated heterocycles. The molecule has 0 aliphatic heterocycles. The van der Waals surface area contributed by atoms with E-state index < -0.39 is 22.5 Å². The normalized spacial score (nSPS) is 11.6. The molecule has 3 rings (SSSR count). The minimum atomic E-state index is -3.75. The number of amides is 2. The van der Waals surface area contributed by atoms with Crippen molar-refractivity contribution >= 4 is 50.5 Å². The van der Waals surface area contributed by atoms with Gasteiger partial charge in [-0.25, -0.2) is 8.42 Å². The predicted octanol–water partition coefficient (Wildman–Crippen LogP) is 5.60. The van der Waals surface area contributed by atoms with E-state index >= 15 is 0 Å². The summed E-state index contributed by atoms with van der Waals surface area (Å²) in [6.45, 7) is 7.62. The van der Waals surface area contributed by atoms with Crippen LogP contribution in [-0.2, 0) is 20.2 Å². The Bertz CT molecular complexity index is 1380. The van der Waals surface area contributed by atoms with Crippen molar-refractivity contribution in [1.29, 1.82) is 0 Å². The van der Waals surface area contributed by atoms with Crippen LogP contribution in [0.1, 0.15) is 42.3 Å². The van der Waals surface area contributed by atoms with Crippen molar-refractivity contribution in [2.24, 2.45) is 0 Å². The number of anilines is 3. The first-order valence-corrected chi connectivity index (χ1v) is 13.5. The molecule has 36 heavy (non-hydrogen) atoms. The Morgan fingerprint density at radius 1 is 0.917 bits per heavy atom. The monoisotopic (exact) mass is 527 g/mol. The van der Waals surface area contributed by atoms with Crippen molar-refractivity contribution < 1.29 is 18.0 Å². The molecule has 0 bridgehead atoms. The van der Waals surface area contributed by atoms with Crippen molar-refractivity contribution in [3.63, 3.8) is 0 Å². The van der Waals surface area contributed by atoms with Gasteiger partial charge < -0.3 is 10.6 Å². The predicted molar refractivity (Wildman–Crippen MR) is 147 cm³/mol. The summed E-state index contributed by atoms with van der Waals surface area (Å²) in [5.41, 5.74) is 3.52. The van der Waals surface area contributed by atoms with Gasteiger partial charge in [-0.1, -0.05) is 56.6 Å². The number of halogens is 1. The van der Waals surface area contributed by atoms with E-state index in [1.54, 1.807) is 55.5 Å². The highest BCUT2D eigenvalue weighted by Crippen LogP contribution is 2.27. The van der Waals surface area contributed by atoms with Crippen LogP contribution in [0.5, 0.6) is 0 Å². The van der Waals surface area contributed by atoms with Crippen molar-refractivity contribution in [2.75, 3.05) is 27.7 Å². The third-order valence-electron chi connectivity index (χ3n) is 5.54. The number of aryl methyl sites for hydroxylation is 1. The number of nitrogens with zero attached hydrogens (tertiary/aromatic N) is 1. The fourth-order valence-corrected chi connectivity index (χ4v) is 4.63. The SMILES string of the molecule is Cc1ccc(Cl)cc1N(CC(=O)Nc1cccc(NC(=O)c2ccc(C(C)(C)C)cc2)c1)S(C)(=O)=O. The van der Waals surface area contributed by atoms with Gasteiger partial charge in [-0.05, 0) is 65.9 Å². The summed E-state index contributed by atoms with van der Waals surface area (Å²) in [6.07, 6.45) is 1.03. The van der Waals surface area contributed by atoms with E-state index in [0.29, 0.717) is 33.2 Å². The molecule has 2 N–H and O–H groups in total. The van der Waals surface area contributed by atoms with Gasteiger partial charge in [0, 0.05) is 22.0 Å². The van der Waals surface area contributed by atoms with E-state index in [2.05, 4.69) is 31.4 Å². The van der Waals surface area contributed by atoms with Gasteiger partial charge in [-0.2, -0.15) is 0 Å². The molecular formula is C27H30ClN3O4S. The van der Waals surface area contributed by atoms with E-state index in [4.69, 9.17) is 11.6 Å². The van der Waals surface area contributed by atoms with E-state index in [0.717, 1.165) is 16.1 Å². The maximum atomic E-state index is 12.8. The Balaban J connectivity index is 1.72. The first-order valence-electron chi connectivity index (χ1n) is 11.3. The first-order chi connectivity index (χ1) is 16.7. The Morgan fingerprint density at radius 2 is 1.53 bits per heavy atom. The molecule has 0 radical (unpaired) electrons. The second-order valence-electron chi connectivity index (χ2n) is 9.61. The number of hydrogen-bond donors (Lipinski definition) is 2. The van der Waals surface area contributed by atoms with Crippen molar-refractivity contribution in [1.82, 2.24) is 0 Å². The Kier molecular flexibility index (Phi) is 8.11. The highest BCUT2D eigenvalue weighted by molar-refractivity contribution is 7.92. The lowest BCUT2D eigenvalue weighted by Gasteiger charge is -2.24. The molecule has 190 valence electrons. The standard InChI is InChI=1S/C27H30ClN3O4S/c1-18-9-14-21(28)15-24(18)31(36(5,34)35)17-25(32)29-22-7-6-8-23(16-22)30-26(33)19-10-12-20(13-11-19)27(2,3)4/h6-16H,17H2,1-5H3,(H,29,32)(H,30,33). The zero-order valence-electron chi connectivity index (χ0n) is 20.9. The third kappa shape index (κ3) is 7.08. The number of rotatable bonds is 7. The van der Waals surface area contributed by atoms with Gasteiger partial charge in [0.1, 0.15) is 6.54 Å². The number of carbonyl (C=O) groups is 2. The average Bonchev–Trinajstić information content (AvgIpc) is 2.78. The second-order valence-corrected chi connectivity index (χ2v) is 12.0. The second kappa shape index (κ2) is 10.7. The molecule has 3 aromatic carbocycles. The largest absolute Gasteiger partial charge is 0.324 e. The van der Waals surface area contributed by atoms with Crippen LogP contribution < -0.4 is 14.9 Å². The molecule has 9 heteroatoms. The van der Waals surface area contributed by atoms with Crippen LogP contribution in [0, 0.1) is 6.92 Å². The highest BCUT2D eigenvalue weighted by atomic mass is 35.5. The summed E-state index contributed by atoms with van der Waals surface area (Å²) < 4.78 is 25.9. The van der Waals surface area contributed by atoms with E-state index in [9.17, 15) is 18.0 Å². The van der Waals surface area contributed by atoms with Crippen LogP contribution in [0.3, 0.4) is 0 Å². The van der Waals surface area contributed by atoms with Crippen LogP contribution in [0.15, 0.2) is 66.7 Å². The lowest BCUT2D eigenvalue weighted by molar-refractivity contribution is -0.114. The fourth-order valence-electron chi connectivity index (χ4n) is 3.56. The van der Waals surface area contributed by atoms with Gasteiger partial charge in [-0.3, -0.25) is 13.9 Å². The smallest absolute Gasteiger partial charge is 0.255 e. The van der Waals surface area contributed by atoms with E-state index in [-0.39, 0.29) is 11.3 Å². The van der Waals surface area contributed by atoms with Gasteiger partial charge >= 0.3 is 0 Å². The molecule has 0 unspecified atom stereocenters. The summed E-state index contributed by atoms with van der Waals surface area (Å²) in [5, 5.41) is 5.88. The van der Waals surface area contributed by atoms with Crippen LogP contribution in [0.25, 0.3) is 0 Å². The van der Waals surface area contributed by atoms with Gasteiger partial charge in [0.25, 0.3) is 5.91 Å². The van der Waals surface area contributed by atoms with Crippen LogP contribution >= 0.6 is 11.6 Å². The Morgan fingerprint density at radius 3 is 2.11 bits per heavy atom. The zero-order chi connectivity index (χ0) is 26.7. The van der Waals surface area contributed by atoms with Gasteiger partial charge in [0.15, 0.2) is 0 Å². The Labute approximate surface area is 217 Å². The minimum absolute atomic E-state index is 0.0142. The van der Waals surface area contributed by atoms with E-state index in [1.807, 2.05) is 12.1 Å². The Hall–Kier alpha value is -3.36. The lowest BCUT2D eigenvalue weighted by atomic mass is 9.87. The number of sulfonamides is 1. The molecule has 7 nitrogen and oxygen atoms in total. The van der Waals surface area contributed by atoms with Crippen LogP contribution in [0.2, 0.25) is 5.02 Å². The van der Waals surface area contributed by atoms with Crippen molar-refractivity contribution in [3.8, 4) is 0 Å². The molecular weight excluding hydrogens is 498 g/mol. The molecule has 0 aliphatic carbocycles. The minimum Gasteiger partial charge on any atom is -0.324 e. The van der Waals surface area contributed by atoms with Gasteiger partial charge in [0.2, 0.25) is 15.9 Å². The number of carbonyl (C=O) groups excluding carboxylic acids is 2. The molecule has 2 amide bonds. The molecule has 0 aromatic heterocycles. The molecule has 3 aromatic rings. The molecule has 0 saturated carbocycles. The molecule has 0 heterocycles. The highest BCUT2D eigenvalue weighted by Gasteiger charge is 2.23. The van der Waals surface area contributed by atoms with E-state index in [1.165, 1.54) is 6.07 Å². The maximum Gasteiger partial charge on any atom is 0.255 e. The summed E-state index contributed by atoms with van der Waals surface area (Å²) in [4.78, 5) is 25.5. The molecule has 0 aliphatic rings. The average molecular weight is 528 g/mol. The number of benzene rings is 3. The lowest BCUT2D eigenvalue weighted by Crippen LogP contribution is -2.37. The summed E-state index contributed by atoms with van der Waals surface area (Å²) in [7, 11) is -3.75. The summed E-state index contributed by atoms with van der Waals surface area (Å²) >= 11 is 6.05. The summed E-state index contributed by atoms with van der Waals surface area (Å²) in [5.74, 6) is -0.820.